The molecule has 1 N–H and O–H groups in total. The number of amides is 1. The molecule has 37 heavy (non-hydrogen) atoms. The summed E-state index contributed by atoms with van der Waals surface area (Å²) >= 11 is 0. The van der Waals surface area contributed by atoms with Gasteiger partial charge in [-0.2, -0.15) is 5.26 Å². The van der Waals surface area contributed by atoms with E-state index in [1.807, 2.05) is 29.2 Å². The van der Waals surface area contributed by atoms with E-state index in [-0.39, 0.29) is 22.7 Å². The highest BCUT2D eigenvalue weighted by molar-refractivity contribution is 6.00. The van der Waals surface area contributed by atoms with Crippen molar-refractivity contribution in [2.45, 2.75) is 38.9 Å². The van der Waals surface area contributed by atoms with Crippen LogP contribution in [-0.2, 0) is 22.6 Å². The van der Waals surface area contributed by atoms with E-state index in [2.05, 4.69) is 31.4 Å². The Bertz CT molecular complexity index is 1500. The number of nitriles is 1. The van der Waals surface area contributed by atoms with Crippen LogP contribution < -0.4 is 4.90 Å². The lowest BCUT2D eigenvalue weighted by Crippen LogP contribution is -2.59. The Kier molecular flexibility index (Phi) is 5.29. The molecule has 0 unspecified atom stereocenters. The van der Waals surface area contributed by atoms with E-state index in [1.54, 1.807) is 12.1 Å². The Labute approximate surface area is 216 Å². The second-order valence-corrected chi connectivity index (χ2v) is 11.2. The van der Waals surface area contributed by atoms with E-state index in [1.165, 1.54) is 6.08 Å². The number of phenolic OH excluding ortho intramolecular Hbond substituents is 1. The van der Waals surface area contributed by atoms with Crippen molar-refractivity contribution in [3.63, 3.8) is 0 Å². The minimum Gasteiger partial charge on any atom is -0.508 e. The molecule has 4 heterocycles. The lowest BCUT2D eigenvalue weighted by atomic mass is 9.79. The predicted molar refractivity (Wildman–Crippen MR) is 142 cm³/mol. The van der Waals surface area contributed by atoms with Gasteiger partial charge in [0.15, 0.2) is 0 Å². The van der Waals surface area contributed by atoms with Crippen LogP contribution >= 0.6 is 0 Å². The second-order valence-electron chi connectivity index (χ2n) is 11.2. The minimum absolute atomic E-state index is 0.0246. The highest BCUT2D eigenvalue weighted by atomic mass is 16.5. The van der Waals surface area contributed by atoms with Crippen LogP contribution in [0.3, 0.4) is 0 Å². The summed E-state index contributed by atoms with van der Waals surface area (Å²) in [6.45, 7) is 11.1. The van der Waals surface area contributed by atoms with Crippen LogP contribution in [-0.4, -0.2) is 52.7 Å². The summed E-state index contributed by atoms with van der Waals surface area (Å²) in [7, 11) is 0. The molecule has 1 aromatic heterocycles. The third-order valence-electron chi connectivity index (χ3n) is 8.09. The van der Waals surface area contributed by atoms with Gasteiger partial charge in [0.2, 0.25) is 5.91 Å². The van der Waals surface area contributed by atoms with Crippen LogP contribution in [0.15, 0.2) is 49.1 Å². The standard InChI is InChI=1S/C30H30N4O3/c1-4-26(36)34-17-30(18-34)10-11-33(16-30)28-23(14-31)27(24-15-37-29(2,3)13-25(24)32-28)21-7-5-6-19-8-9-20(35)12-22(19)21/h4-9,12,35H,1,10-11,13,15-18H2,2-3H3. The van der Waals surface area contributed by atoms with Gasteiger partial charge in [0.25, 0.3) is 0 Å². The van der Waals surface area contributed by atoms with Crippen molar-refractivity contribution < 1.29 is 14.6 Å². The number of anilines is 1. The highest BCUT2D eigenvalue weighted by Crippen LogP contribution is 2.46. The van der Waals surface area contributed by atoms with Crippen LogP contribution in [0, 0.1) is 16.7 Å². The van der Waals surface area contributed by atoms with E-state index in [4.69, 9.17) is 9.72 Å². The average Bonchev–Trinajstić information content (AvgIpc) is 3.31. The maximum absolute atomic E-state index is 12.0. The van der Waals surface area contributed by atoms with Gasteiger partial charge in [-0.3, -0.25) is 4.79 Å². The summed E-state index contributed by atoms with van der Waals surface area (Å²) < 4.78 is 6.20. The maximum Gasteiger partial charge on any atom is 0.245 e. The Morgan fingerprint density at radius 3 is 2.81 bits per heavy atom. The minimum atomic E-state index is -0.356. The summed E-state index contributed by atoms with van der Waals surface area (Å²) in [6, 6.07) is 13.8. The molecule has 2 aromatic carbocycles. The Morgan fingerprint density at radius 2 is 2.05 bits per heavy atom. The first-order chi connectivity index (χ1) is 17.7. The van der Waals surface area contributed by atoms with Crippen molar-refractivity contribution in [1.29, 1.82) is 5.26 Å². The Balaban J connectivity index is 1.50. The highest BCUT2D eigenvalue weighted by Gasteiger charge is 2.49. The zero-order valence-corrected chi connectivity index (χ0v) is 21.3. The SMILES string of the molecule is C=CC(=O)N1CC2(CCN(c3nc4c(c(-c5cccc6ccc(O)cc56)c3C#N)COC(C)(C)C4)C2)C1. The fourth-order valence-corrected chi connectivity index (χ4v) is 6.21. The number of aromatic nitrogens is 1. The number of nitrogens with zero attached hydrogens (tertiary/aromatic N) is 4. The zero-order chi connectivity index (χ0) is 25.9. The van der Waals surface area contributed by atoms with Gasteiger partial charge >= 0.3 is 0 Å². The first-order valence-corrected chi connectivity index (χ1v) is 12.7. The molecule has 0 bridgehead atoms. The van der Waals surface area contributed by atoms with Gasteiger partial charge < -0.3 is 19.6 Å². The summed E-state index contributed by atoms with van der Waals surface area (Å²) in [5.41, 5.74) is 3.84. The number of fused-ring (bicyclic) bond motifs is 2. The average molecular weight is 495 g/mol. The monoisotopic (exact) mass is 494 g/mol. The molecule has 3 aliphatic rings. The van der Waals surface area contributed by atoms with Crippen LogP contribution in [0.5, 0.6) is 5.75 Å². The molecule has 188 valence electrons. The van der Waals surface area contributed by atoms with Crippen molar-refractivity contribution in [2.24, 2.45) is 5.41 Å². The molecule has 1 amide bonds. The Hall–Kier alpha value is -3.89. The normalized spacial score (nSPS) is 19.4. The molecule has 3 aromatic rings. The molecule has 1 spiro atoms. The third-order valence-corrected chi connectivity index (χ3v) is 8.09. The number of carbonyl (C=O) groups is 1. The number of carbonyl (C=O) groups excluding carboxylic acids is 1. The van der Waals surface area contributed by atoms with Gasteiger partial charge in [0.1, 0.15) is 23.2 Å². The molecule has 7 nitrogen and oxygen atoms in total. The smallest absolute Gasteiger partial charge is 0.245 e. The van der Waals surface area contributed by atoms with Crippen molar-refractivity contribution in [1.82, 2.24) is 9.88 Å². The fraction of sp³-hybridized carbons (Fsp3) is 0.367. The number of hydrogen-bond donors (Lipinski definition) is 1. The summed E-state index contributed by atoms with van der Waals surface area (Å²) in [4.78, 5) is 21.2. The van der Waals surface area contributed by atoms with Gasteiger partial charge in [-0.15, -0.1) is 0 Å². The number of aromatic hydroxyl groups is 1. The van der Waals surface area contributed by atoms with Gasteiger partial charge in [-0.25, -0.2) is 4.98 Å². The molecule has 0 radical (unpaired) electrons. The molecular weight excluding hydrogens is 464 g/mol. The lowest BCUT2D eigenvalue weighted by molar-refractivity contribution is -0.136. The van der Waals surface area contributed by atoms with Gasteiger partial charge in [0, 0.05) is 49.1 Å². The molecule has 2 fully saturated rings. The Morgan fingerprint density at radius 1 is 1.24 bits per heavy atom. The number of benzene rings is 2. The number of likely N-dealkylation sites (tertiary alicyclic amines) is 1. The number of rotatable bonds is 3. The number of ether oxygens (including phenoxy) is 1. The summed E-state index contributed by atoms with van der Waals surface area (Å²) in [5.74, 6) is 0.859. The largest absolute Gasteiger partial charge is 0.508 e. The van der Waals surface area contributed by atoms with Crippen molar-refractivity contribution >= 4 is 22.5 Å². The number of hydrogen-bond acceptors (Lipinski definition) is 6. The van der Waals surface area contributed by atoms with Gasteiger partial charge in [-0.05, 0) is 54.8 Å². The zero-order valence-electron chi connectivity index (χ0n) is 21.3. The molecule has 0 saturated carbocycles. The number of pyridine rings is 1. The lowest BCUT2D eigenvalue weighted by Gasteiger charge is -2.47. The topological polar surface area (TPSA) is 89.7 Å². The van der Waals surface area contributed by atoms with Crippen LogP contribution in [0.25, 0.3) is 21.9 Å². The quantitative estimate of drug-likeness (QED) is 0.537. The first kappa shape index (κ1) is 23.5. The van der Waals surface area contributed by atoms with Crippen molar-refractivity contribution in [3.8, 4) is 22.9 Å². The fourth-order valence-electron chi connectivity index (χ4n) is 6.21. The molecule has 6 rings (SSSR count). The number of phenols is 1. The van der Waals surface area contributed by atoms with E-state index < -0.39 is 0 Å². The van der Waals surface area contributed by atoms with E-state index in [9.17, 15) is 15.2 Å². The van der Waals surface area contributed by atoms with E-state index in [0.717, 1.165) is 52.7 Å². The second kappa shape index (κ2) is 8.32. The molecule has 0 atom stereocenters. The summed E-state index contributed by atoms with van der Waals surface area (Å²) in [6.07, 6.45) is 2.96. The van der Waals surface area contributed by atoms with Gasteiger partial charge in [-0.1, -0.05) is 30.8 Å². The van der Waals surface area contributed by atoms with Crippen molar-refractivity contribution in [3.05, 3.63) is 65.9 Å². The van der Waals surface area contributed by atoms with Crippen molar-refractivity contribution in [2.75, 3.05) is 31.1 Å². The first-order valence-electron chi connectivity index (χ1n) is 12.7. The van der Waals surface area contributed by atoms with Crippen LogP contribution in [0.2, 0.25) is 0 Å². The van der Waals surface area contributed by atoms with Gasteiger partial charge in [0.05, 0.1) is 17.9 Å². The van der Waals surface area contributed by atoms with Crippen LogP contribution in [0.1, 0.15) is 37.1 Å². The molecule has 2 saturated heterocycles. The molecule has 7 heteroatoms. The van der Waals surface area contributed by atoms with E-state index in [0.29, 0.717) is 37.5 Å². The van der Waals surface area contributed by atoms with E-state index >= 15 is 0 Å². The molecule has 3 aliphatic heterocycles. The predicted octanol–water partition coefficient (Wildman–Crippen LogP) is 4.56. The molecule has 0 aliphatic carbocycles. The molecular formula is C30H30N4O3. The van der Waals surface area contributed by atoms with Crippen LogP contribution in [0.4, 0.5) is 5.82 Å². The summed E-state index contributed by atoms with van der Waals surface area (Å²) in [5, 5.41) is 22.7. The third kappa shape index (κ3) is 3.84. The maximum atomic E-state index is 12.0.